The van der Waals surface area contributed by atoms with Crippen LogP contribution in [-0.2, 0) is 4.74 Å². The molecule has 1 fully saturated rings. The largest absolute Gasteiger partial charge is 0.377 e. The Morgan fingerprint density at radius 3 is 2.74 bits per heavy atom. The topological polar surface area (TPSA) is 24.5 Å². The van der Waals surface area contributed by atoms with Gasteiger partial charge in [0.2, 0.25) is 0 Å². The molecule has 0 bridgehead atoms. The van der Waals surface area contributed by atoms with E-state index < -0.39 is 0 Å². The van der Waals surface area contributed by atoms with E-state index in [1.165, 1.54) is 24.1 Å². The van der Waals surface area contributed by atoms with Gasteiger partial charge in [0.1, 0.15) is 0 Å². The number of benzene rings is 1. The molecule has 1 aliphatic rings. The van der Waals surface area contributed by atoms with Gasteiger partial charge in [-0.3, -0.25) is 0 Å². The zero-order valence-electron chi connectivity index (χ0n) is 12.4. The highest BCUT2D eigenvalue weighted by Gasteiger charge is 2.20. The molecule has 1 heterocycles. The molecule has 1 aromatic carbocycles. The molecule has 1 aliphatic heterocycles. The van der Waals surface area contributed by atoms with Crippen LogP contribution in [0, 0.1) is 0 Å². The van der Waals surface area contributed by atoms with Crippen LogP contribution in [0.3, 0.4) is 0 Å². The highest BCUT2D eigenvalue weighted by molar-refractivity contribution is 5.48. The summed E-state index contributed by atoms with van der Waals surface area (Å²) < 4.78 is 5.76. The number of anilines is 1. The van der Waals surface area contributed by atoms with Crippen LogP contribution in [0.15, 0.2) is 24.3 Å². The number of hydrogen-bond acceptors (Lipinski definition) is 3. The summed E-state index contributed by atoms with van der Waals surface area (Å²) >= 11 is 0. The number of nitrogens with zero attached hydrogens (tertiary/aromatic N) is 1. The molecular formula is C16H26N2O. The fourth-order valence-electron chi connectivity index (χ4n) is 2.68. The third-order valence-electron chi connectivity index (χ3n) is 3.97. The van der Waals surface area contributed by atoms with E-state index in [0.29, 0.717) is 12.1 Å². The van der Waals surface area contributed by atoms with Gasteiger partial charge >= 0.3 is 0 Å². The summed E-state index contributed by atoms with van der Waals surface area (Å²) in [5, 5.41) is 3.27. The molecule has 3 heteroatoms. The highest BCUT2D eigenvalue weighted by Crippen LogP contribution is 2.23. The molecule has 3 nitrogen and oxygen atoms in total. The monoisotopic (exact) mass is 262 g/mol. The van der Waals surface area contributed by atoms with Crippen molar-refractivity contribution in [3.05, 3.63) is 29.8 Å². The van der Waals surface area contributed by atoms with E-state index in [9.17, 15) is 0 Å². The molecule has 106 valence electrons. The summed E-state index contributed by atoms with van der Waals surface area (Å²) in [4.78, 5) is 2.44. The van der Waals surface area contributed by atoms with E-state index in [-0.39, 0.29) is 0 Å². The lowest BCUT2D eigenvalue weighted by molar-refractivity contribution is 0.0527. The zero-order valence-corrected chi connectivity index (χ0v) is 12.4. The Labute approximate surface area is 116 Å². The van der Waals surface area contributed by atoms with Crippen molar-refractivity contribution in [3.63, 3.8) is 0 Å². The van der Waals surface area contributed by atoms with Gasteiger partial charge in [-0.15, -0.1) is 0 Å². The molecule has 2 rings (SSSR count). The molecule has 1 aromatic rings. The van der Waals surface area contributed by atoms with E-state index in [1.807, 2.05) is 7.05 Å². The maximum absolute atomic E-state index is 5.76. The summed E-state index contributed by atoms with van der Waals surface area (Å²) in [6.07, 6.45) is 2.81. The predicted molar refractivity (Wildman–Crippen MR) is 80.8 cm³/mol. The van der Waals surface area contributed by atoms with Crippen LogP contribution < -0.4 is 10.2 Å². The third-order valence-corrected chi connectivity index (χ3v) is 3.97. The lowest BCUT2D eigenvalue weighted by atomic mass is 10.0. The highest BCUT2D eigenvalue weighted by atomic mass is 16.5. The average molecular weight is 262 g/mol. The standard InChI is InChI=1S/C16H26N2O/c1-4-19-16-6-5-11-18(12-16)15-9-7-14(8-10-15)13(2)17-3/h7-10,13,16-17H,4-6,11-12H2,1-3H3. The number of nitrogens with one attached hydrogen (secondary N) is 1. The Morgan fingerprint density at radius 1 is 1.37 bits per heavy atom. The normalized spacial score (nSPS) is 21.4. The summed E-state index contributed by atoms with van der Waals surface area (Å²) in [7, 11) is 2.00. The number of ether oxygens (including phenoxy) is 1. The fourth-order valence-corrected chi connectivity index (χ4v) is 2.68. The molecule has 0 aliphatic carbocycles. The Kier molecular flexibility index (Phi) is 5.23. The molecule has 2 atom stereocenters. The molecule has 19 heavy (non-hydrogen) atoms. The van der Waals surface area contributed by atoms with Crippen molar-refractivity contribution in [2.45, 2.75) is 38.8 Å². The minimum Gasteiger partial charge on any atom is -0.377 e. The van der Waals surface area contributed by atoms with Crippen molar-refractivity contribution >= 4 is 5.69 Å². The molecule has 0 saturated carbocycles. The second kappa shape index (κ2) is 6.92. The third kappa shape index (κ3) is 3.71. The summed E-state index contributed by atoms with van der Waals surface area (Å²) in [5.41, 5.74) is 2.65. The van der Waals surface area contributed by atoms with Crippen molar-refractivity contribution < 1.29 is 4.74 Å². The molecule has 1 saturated heterocycles. The van der Waals surface area contributed by atoms with Gasteiger partial charge in [0.05, 0.1) is 6.10 Å². The minimum absolute atomic E-state index is 0.398. The smallest absolute Gasteiger partial charge is 0.0750 e. The number of piperidine rings is 1. The van der Waals surface area contributed by atoms with Crippen LogP contribution in [0.2, 0.25) is 0 Å². The van der Waals surface area contributed by atoms with E-state index in [1.54, 1.807) is 0 Å². The Hall–Kier alpha value is -1.06. The first-order valence-corrected chi connectivity index (χ1v) is 7.38. The Balaban J connectivity index is 2.01. The molecule has 0 spiro atoms. The molecule has 0 radical (unpaired) electrons. The molecule has 0 amide bonds. The molecule has 1 N–H and O–H groups in total. The lowest BCUT2D eigenvalue weighted by Gasteiger charge is -2.34. The van der Waals surface area contributed by atoms with Crippen molar-refractivity contribution in [1.29, 1.82) is 0 Å². The van der Waals surface area contributed by atoms with Gasteiger partial charge in [0.25, 0.3) is 0 Å². The Morgan fingerprint density at radius 2 is 2.11 bits per heavy atom. The van der Waals surface area contributed by atoms with Crippen molar-refractivity contribution in [2.24, 2.45) is 0 Å². The van der Waals surface area contributed by atoms with Gasteiger partial charge in [0.15, 0.2) is 0 Å². The lowest BCUT2D eigenvalue weighted by Crippen LogP contribution is -2.39. The van der Waals surface area contributed by atoms with Crippen LogP contribution in [0.5, 0.6) is 0 Å². The van der Waals surface area contributed by atoms with Crippen LogP contribution in [0.1, 0.15) is 38.3 Å². The maximum Gasteiger partial charge on any atom is 0.0750 e. The van der Waals surface area contributed by atoms with Gasteiger partial charge in [-0.2, -0.15) is 0 Å². The number of rotatable bonds is 5. The van der Waals surface area contributed by atoms with Crippen molar-refractivity contribution in [1.82, 2.24) is 5.32 Å². The van der Waals surface area contributed by atoms with Gasteiger partial charge in [-0.05, 0) is 51.4 Å². The molecule has 0 aromatic heterocycles. The van der Waals surface area contributed by atoms with Gasteiger partial charge in [-0.1, -0.05) is 12.1 Å². The predicted octanol–water partition coefficient (Wildman–Crippen LogP) is 2.97. The summed E-state index contributed by atoms with van der Waals surface area (Å²) in [6.45, 7) is 7.24. The quantitative estimate of drug-likeness (QED) is 0.883. The summed E-state index contributed by atoms with van der Waals surface area (Å²) in [6, 6.07) is 9.32. The van der Waals surface area contributed by atoms with Crippen LogP contribution in [0.25, 0.3) is 0 Å². The summed E-state index contributed by atoms with van der Waals surface area (Å²) in [5.74, 6) is 0. The second-order valence-corrected chi connectivity index (χ2v) is 5.27. The van der Waals surface area contributed by atoms with Crippen molar-refractivity contribution in [2.75, 3.05) is 31.6 Å². The van der Waals surface area contributed by atoms with Gasteiger partial charge < -0.3 is 15.0 Å². The van der Waals surface area contributed by atoms with E-state index in [2.05, 4.69) is 48.3 Å². The van der Waals surface area contributed by atoms with E-state index in [4.69, 9.17) is 4.74 Å². The van der Waals surface area contributed by atoms with Crippen LogP contribution in [-0.4, -0.2) is 32.8 Å². The van der Waals surface area contributed by atoms with Crippen molar-refractivity contribution in [3.8, 4) is 0 Å². The van der Waals surface area contributed by atoms with E-state index >= 15 is 0 Å². The average Bonchev–Trinajstić information content (AvgIpc) is 2.47. The zero-order chi connectivity index (χ0) is 13.7. The second-order valence-electron chi connectivity index (χ2n) is 5.27. The first-order valence-electron chi connectivity index (χ1n) is 7.38. The maximum atomic E-state index is 5.76. The van der Waals surface area contributed by atoms with Crippen LogP contribution >= 0.6 is 0 Å². The fraction of sp³-hybridized carbons (Fsp3) is 0.625. The molecular weight excluding hydrogens is 236 g/mol. The molecule has 2 unspecified atom stereocenters. The number of hydrogen-bond donors (Lipinski definition) is 1. The van der Waals surface area contributed by atoms with E-state index in [0.717, 1.165) is 19.7 Å². The van der Waals surface area contributed by atoms with Gasteiger partial charge in [0, 0.05) is 31.4 Å². The van der Waals surface area contributed by atoms with Crippen LogP contribution in [0.4, 0.5) is 5.69 Å². The first-order chi connectivity index (χ1) is 9.24. The Bertz CT molecular complexity index is 375. The minimum atomic E-state index is 0.398. The van der Waals surface area contributed by atoms with Gasteiger partial charge in [-0.25, -0.2) is 0 Å². The SMILES string of the molecule is CCOC1CCCN(c2ccc(C(C)NC)cc2)C1. The first kappa shape index (κ1) is 14.4.